The molecule has 2 aromatic rings. The topological polar surface area (TPSA) is 26.5 Å². The minimum atomic E-state index is -0.0728. The molecule has 0 N–H and O–H groups in total. The molecule has 0 saturated heterocycles. The van der Waals surface area contributed by atoms with Crippen LogP contribution in [0.2, 0.25) is 0 Å². The van der Waals surface area contributed by atoms with Crippen LogP contribution >= 0.6 is 0 Å². The summed E-state index contributed by atoms with van der Waals surface area (Å²) in [5.41, 5.74) is 2.39. The molecule has 0 radical (unpaired) electrons. The predicted molar refractivity (Wildman–Crippen MR) is 109 cm³/mol. The second-order valence-electron chi connectivity index (χ2n) is 6.16. The Bertz CT molecular complexity index is 674. The summed E-state index contributed by atoms with van der Waals surface area (Å²) in [6, 6.07) is 20.7. The molecule has 130 valence electrons. The van der Waals surface area contributed by atoms with Gasteiger partial charge in [-0.2, -0.15) is 0 Å². The standard InChI is InChI=1S/C23H27N2.Li/c1-5-20(6-2)23(25-19(4)22-15-11-8-12-16-22)17-24-18(3)21-13-9-7-10-14-21;/h5-20,23H,1-2H2,3-4H3;/q-1;+1/t18-,19-,23-;/m0./s1. The fourth-order valence-corrected chi connectivity index (χ4v) is 2.72. The van der Waals surface area contributed by atoms with Crippen molar-refractivity contribution in [3.63, 3.8) is 0 Å². The number of hydrogen-bond donors (Lipinski definition) is 0. The van der Waals surface area contributed by atoms with E-state index in [4.69, 9.17) is 10.3 Å². The van der Waals surface area contributed by atoms with Gasteiger partial charge in [-0.3, -0.25) is 4.99 Å². The SMILES string of the molecule is C=CC(C=C)[C@H](C=N[C@@H](C)c1ccccc1)[N-][C@@H](C)c1ccccc1.[Li+]. The number of nitrogens with zero attached hydrogens (tertiary/aromatic N) is 2. The molecule has 0 aliphatic rings. The first-order valence-corrected chi connectivity index (χ1v) is 8.74. The van der Waals surface area contributed by atoms with Gasteiger partial charge in [-0.1, -0.05) is 91.3 Å². The zero-order valence-electron chi connectivity index (χ0n) is 16.1. The summed E-state index contributed by atoms with van der Waals surface area (Å²) in [6.07, 6.45) is 5.72. The van der Waals surface area contributed by atoms with Crippen LogP contribution in [0.25, 0.3) is 5.32 Å². The van der Waals surface area contributed by atoms with Gasteiger partial charge in [0.25, 0.3) is 0 Å². The molecule has 0 amide bonds. The van der Waals surface area contributed by atoms with E-state index < -0.39 is 0 Å². The van der Waals surface area contributed by atoms with Gasteiger partial charge in [-0.05, 0) is 24.6 Å². The molecule has 2 nitrogen and oxygen atoms in total. The summed E-state index contributed by atoms with van der Waals surface area (Å²) >= 11 is 0. The monoisotopic (exact) mass is 338 g/mol. The molecule has 3 atom stereocenters. The maximum Gasteiger partial charge on any atom is 1.00 e. The van der Waals surface area contributed by atoms with Crippen LogP contribution in [0.4, 0.5) is 0 Å². The first-order chi connectivity index (χ1) is 12.2. The third kappa shape index (κ3) is 6.46. The van der Waals surface area contributed by atoms with Crippen LogP contribution in [0.15, 0.2) is 91.0 Å². The van der Waals surface area contributed by atoms with Gasteiger partial charge >= 0.3 is 18.9 Å². The van der Waals surface area contributed by atoms with Crippen molar-refractivity contribution in [3.05, 3.63) is 102 Å². The summed E-state index contributed by atoms with van der Waals surface area (Å²) in [4.78, 5) is 4.74. The Balaban J connectivity index is 0.00000338. The summed E-state index contributed by atoms with van der Waals surface area (Å²) in [5, 5.41) is 4.96. The number of aliphatic imine (C=N–C) groups is 1. The Hall–Kier alpha value is -1.85. The Morgan fingerprint density at radius 1 is 0.846 bits per heavy atom. The van der Waals surface area contributed by atoms with Gasteiger partial charge in [0.05, 0.1) is 6.04 Å². The molecule has 0 aliphatic carbocycles. The first-order valence-electron chi connectivity index (χ1n) is 8.74. The minimum Gasteiger partial charge on any atom is -0.648 e. The summed E-state index contributed by atoms with van der Waals surface area (Å²) in [5.74, 6) is 0.0675. The van der Waals surface area contributed by atoms with E-state index >= 15 is 0 Å². The van der Waals surface area contributed by atoms with E-state index in [9.17, 15) is 0 Å². The smallest absolute Gasteiger partial charge is 0.648 e. The summed E-state index contributed by atoms with van der Waals surface area (Å²) < 4.78 is 0. The Kier molecular flexibility index (Phi) is 9.99. The second-order valence-corrected chi connectivity index (χ2v) is 6.16. The van der Waals surface area contributed by atoms with Crippen molar-refractivity contribution in [2.75, 3.05) is 0 Å². The number of rotatable bonds is 9. The Labute approximate surface area is 170 Å². The molecule has 2 rings (SSSR count). The third-order valence-corrected chi connectivity index (χ3v) is 4.36. The van der Waals surface area contributed by atoms with E-state index in [2.05, 4.69) is 51.3 Å². The molecule has 3 heteroatoms. The van der Waals surface area contributed by atoms with Crippen molar-refractivity contribution >= 4 is 6.21 Å². The van der Waals surface area contributed by atoms with E-state index in [0.717, 1.165) is 0 Å². The average Bonchev–Trinajstić information content (AvgIpc) is 2.67. The second kappa shape index (κ2) is 11.7. The van der Waals surface area contributed by atoms with Crippen molar-refractivity contribution in [3.8, 4) is 0 Å². The quantitative estimate of drug-likeness (QED) is 0.381. The molecule has 0 aromatic heterocycles. The molecule has 2 aromatic carbocycles. The van der Waals surface area contributed by atoms with Gasteiger partial charge in [0.1, 0.15) is 0 Å². The molecule has 0 fully saturated rings. The zero-order chi connectivity index (χ0) is 18.1. The Morgan fingerprint density at radius 2 is 1.35 bits per heavy atom. The minimum absolute atomic E-state index is 0. The molecule has 0 bridgehead atoms. The van der Waals surface area contributed by atoms with Crippen LogP contribution in [-0.2, 0) is 0 Å². The predicted octanol–water partition coefficient (Wildman–Crippen LogP) is 3.31. The summed E-state index contributed by atoms with van der Waals surface area (Å²) in [7, 11) is 0. The summed E-state index contributed by atoms with van der Waals surface area (Å²) in [6.45, 7) is 12.1. The zero-order valence-corrected chi connectivity index (χ0v) is 16.1. The fraction of sp³-hybridized carbons (Fsp3) is 0.261. The van der Waals surface area contributed by atoms with Gasteiger partial charge in [0, 0.05) is 0 Å². The van der Waals surface area contributed by atoms with E-state index in [1.807, 2.05) is 54.8 Å². The van der Waals surface area contributed by atoms with E-state index in [0.29, 0.717) is 0 Å². The van der Waals surface area contributed by atoms with E-state index in [-0.39, 0.29) is 42.9 Å². The van der Waals surface area contributed by atoms with Crippen molar-refractivity contribution in [1.29, 1.82) is 0 Å². The van der Waals surface area contributed by atoms with Crippen molar-refractivity contribution in [2.24, 2.45) is 10.9 Å². The van der Waals surface area contributed by atoms with Crippen molar-refractivity contribution in [2.45, 2.75) is 32.0 Å². The maximum absolute atomic E-state index is 4.96. The van der Waals surface area contributed by atoms with Gasteiger partial charge in [0.2, 0.25) is 0 Å². The normalized spacial score (nSPS) is 14.4. The third-order valence-electron chi connectivity index (χ3n) is 4.36. The van der Waals surface area contributed by atoms with Gasteiger partial charge in [0.15, 0.2) is 0 Å². The van der Waals surface area contributed by atoms with Gasteiger partial charge < -0.3 is 5.32 Å². The molecule has 0 heterocycles. The molecule has 0 unspecified atom stereocenters. The molecule has 0 aliphatic heterocycles. The first kappa shape index (κ1) is 22.2. The van der Waals surface area contributed by atoms with Crippen LogP contribution in [-0.4, -0.2) is 12.3 Å². The van der Waals surface area contributed by atoms with Crippen LogP contribution < -0.4 is 18.9 Å². The van der Waals surface area contributed by atoms with E-state index in [1.165, 1.54) is 11.1 Å². The van der Waals surface area contributed by atoms with Crippen LogP contribution in [0.3, 0.4) is 0 Å². The average molecular weight is 338 g/mol. The number of hydrogen-bond acceptors (Lipinski definition) is 1. The largest absolute Gasteiger partial charge is 1.00 e. The van der Waals surface area contributed by atoms with E-state index in [1.54, 1.807) is 0 Å². The molecular weight excluding hydrogens is 311 g/mol. The number of benzene rings is 2. The van der Waals surface area contributed by atoms with Gasteiger partial charge in [-0.15, -0.1) is 19.2 Å². The molecule has 0 spiro atoms. The molecule has 0 saturated carbocycles. The van der Waals surface area contributed by atoms with Crippen LogP contribution in [0.5, 0.6) is 0 Å². The van der Waals surface area contributed by atoms with Gasteiger partial charge in [-0.25, -0.2) is 0 Å². The molecule has 26 heavy (non-hydrogen) atoms. The Morgan fingerprint density at radius 3 is 1.85 bits per heavy atom. The van der Waals surface area contributed by atoms with Crippen LogP contribution in [0, 0.1) is 5.92 Å². The fourth-order valence-electron chi connectivity index (χ4n) is 2.72. The maximum atomic E-state index is 4.96. The van der Waals surface area contributed by atoms with Crippen LogP contribution in [0.1, 0.15) is 37.1 Å². The van der Waals surface area contributed by atoms with Crippen molar-refractivity contribution in [1.82, 2.24) is 0 Å². The van der Waals surface area contributed by atoms with Crippen molar-refractivity contribution < 1.29 is 18.9 Å². The molecular formula is C23H27LiN2.